The molecule has 2 nitrogen and oxygen atoms in total. The van der Waals surface area contributed by atoms with Crippen molar-refractivity contribution in [1.29, 1.82) is 0 Å². The van der Waals surface area contributed by atoms with Crippen molar-refractivity contribution in [3.05, 3.63) is 34.3 Å². The number of halogens is 1. The van der Waals surface area contributed by atoms with Crippen molar-refractivity contribution >= 4 is 15.9 Å². The summed E-state index contributed by atoms with van der Waals surface area (Å²) in [4.78, 5) is 0. The van der Waals surface area contributed by atoms with Crippen LogP contribution in [0, 0.1) is 0 Å². The molecule has 1 atom stereocenters. The zero-order valence-electron chi connectivity index (χ0n) is 6.34. The molecular weight excluding hydrogens is 204 g/mol. The quantitative estimate of drug-likeness (QED) is 0.584. The number of hydrogen-bond acceptors (Lipinski definition) is 2. The summed E-state index contributed by atoms with van der Waals surface area (Å²) in [6.45, 7) is 2.02. The molecule has 0 bridgehead atoms. The van der Waals surface area contributed by atoms with Crippen molar-refractivity contribution in [2.75, 3.05) is 0 Å². The normalized spacial score (nSPS) is 13.0. The fraction of sp³-hybridized carbons (Fsp3) is 0.250. The summed E-state index contributed by atoms with van der Waals surface area (Å²) >= 11 is 3.39. The van der Waals surface area contributed by atoms with Crippen molar-refractivity contribution in [3.8, 4) is 0 Å². The molecule has 0 heterocycles. The standard InChI is InChI=1S/C8H11BrN2/c1-6(11-10)7-3-2-4-8(9)5-7/h2-6,11H,10H2,1H3/t6-/m0/s1. The van der Waals surface area contributed by atoms with Gasteiger partial charge in [0.1, 0.15) is 0 Å². The summed E-state index contributed by atoms with van der Waals surface area (Å²) in [5.74, 6) is 5.29. The second-order valence-corrected chi connectivity index (χ2v) is 3.36. The molecule has 3 N–H and O–H groups in total. The molecule has 0 unspecified atom stereocenters. The Morgan fingerprint density at radius 3 is 2.82 bits per heavy atom. The highest BCUT2D eigenvalue weighted by Gasteiger charge is 2.01. The van der Waals surface area contributed by atoms with Crippen LogP contribution in [0.1, 0.15) is 18.5 Å². The van der Waals surface area contributed by atoms with Crippen molar-refractivity contribution in [2.45, 2.75) is 13.0 Å². The van der Waals surface area contributed by atoms with Gasteiger partial charge in [0.05, 0.1) is 0 Å². The molecule has 1 aromatic rings. The molecular formula is C8H11BrN2. The maximum absolute atomic E-state index is 5.29. The van der Waals surface area contributed by atoms with Gasteiger partial charge >= 0.3 is 0 Å². The summed E-state index contributed by atoms with van der Waals surface area (Å²) in [6.07, 6.45) is 0. The summed E-state index contributed by atoms with van der Waals surface area (Å²) in [5, 5.41) is 0. The Morgan fingerprint density at radius 2 is 2.27 bits per heavy atom. The molecule has 0 amide bonds. The summed E-state index contributed by atoms with van der Waals surface area (Å²) in [5.41, 5.74) is 3.87. The van der Waals surface area contributed by atoms with Crippen molar-refractivity contribution in [2.24, 2.45) is 5.84 Å². The maximum Gasteiger partial charge on any atom is 0.0432 e. The Bertz CT molecular complexity index is 237. The highest BCUT2D eigenvalue weighted by molar-refractivity contribution is 9.10. The van der Waals surface area contributed by atoms with Crippen molar-refractivity contribution in [3.63, 3.8) is 0 Å². The molecule has 3 heteroatoms. The second kappa shape index (κ2) is 3.85. The molecule has 0 radical (unpaired) electrons. The van der Waals surface area contributed by atoms with Gasteiger partial charge in [-0.2, -0.15) is 0 Å². The van der Waals surface area contributed by atoms with Crippen molar-refractivity contribution < 1.29 is 0 Å². The van der Waals surface area contributed by atoms with Gasteiger partial charge in [0.15, 0.2) is 0 Å². The first-order valence-corrected chi connectivity index (χ1v) is 4.25. The molecule has 0 aliphatic rings. The highest BCUT2D eigenvalue weighted by Crippen LogP contribution is 2.16. The largest absolute Gasteiger partial charge is 0.271 e. The lowest BCUT2D eigenvalue weighted by Gasteiger charge is -2.09. The van der Waals surface area contributed by atoms with E-state index in [1.54, 1.807) is 0 Å². The van der Waals surface area contributed by atoms with E-state index in [1.165, 1.54) is 5.56 Å². The molecule has 0 fully saturated rings. The van der Waals surface area contributed by atoms with E-state index >= 15 is 0 Å². The summed E-state index contributed by atoms with van der Waals surface area (Å²) in [7, 11) is 0. The number of nitrogens with one attached hydrogen (secondary N) is 1. The van der Waals surface area contributed by atoms with Gasteiger partial charge in [0.2, 0.25) is 0 Å². The van der Waals surface area contributed by atoms with Crippen LogP contribution < -0.4 is 11.3 Å². The van der Waals surface area contributed by atoms with Gasteiger partial charge in [-0.05, 0) is 24.6 Å². The Kier molecular flexibility index (Phi) is 3.05. The van der Waals surface area contributed by atoms with Gasteiger partial charge in [0, 0.05) is 10.5 Å². The van der Waals surface area contributed by atoms with Crippen LogP contribution in [0.15, 0.2) is 28.7 Å². The zero-order valence-corrected chi connectivity index (χ0v) is 7.93. The minimum Gasteiger partial charge on any atom is -0.271 e. The van der Waals surface area contributed by atoms with Crippen LogP contribution in [0.3, 0.4) is 0 Å². The van der Waals surface area contributed by atoms with E-state index in [-0.39, 0.29) is 6.04 Å². The van der Waals surface area contributed by atoms with Gasteiger partial charge in [-0.15, -0.1) is 0 Å². The van der Waals surface area contributed by atoms with E-state index < -0.39 is 0 Å². The summed E-state index contributed by atoms with van der Waals surface area (Å²) in [6, 6.07) is 8.27. The maximum atomic E-state index is 5.29. The van der Waals surface area contributed by atoms with Crippen LogP contribution in [0.4, 0.5) is 0 Å². The zero-order chi connectivity index (χ0) is 8.27. The molecule has 0 aliphatic carbocycles. The average molecular weight is 215 g/mol. The first-order valence-electron chi connectivity index (χ1n) is 3.45. The van der Waals surface area contributed by atoms with Gasteiger partial charge in [-0.1, -0.05) is 28.1 Å². The number of hydrogen-bond donors (Lipinski definition) is 2. The van der Waals surface area contributed by atoms with Crippen LogP contribution in [0.25, 0.3) is 0 Å². The van der Waals surface area contributed by atoms with Crippen LogP contribution in [-0.2, 0) is 0 Å². The average Bonchev–Trinajstić information content (AvgIpc) is 2.03. The lowest BCUT2D eigenvalue weighted by Crippen LogP contribution is -2.25. The number of hydrazine groups is 1. The first-order chi connectivity index (χ1) is 5.24. The molecule has 60 valence electrons. The van der Waals surface area contributed by atoms with Crippen LogP contribution in [-0.4, -0.2) is 0 Å². The smallest absolute Gasteiger partial charge is 0.0432 e. The first kappa shape index (κ1) is 8.71. The minimum atomic E-state index is 0.201. The van der Waals surface area contributed by atoms with Gasteiger partial charge in [-0.3, -0.25) is 11.3 Å². The molecule has 0 saturated heterocycles. The highest BCUT2D eigenvalue weighted by atomic mass is 79.9. The molecule has 0 spiro atoms. The Hall–Kier alpha value is -0.380. The Labute approximate surface area is 74.9 Å². The van der Waals surface area contributed by atoms with Gasteiger partial charge in [-0.25, -0.2) is 0 Å². The van der Waals surface area contributed by atoms with Gasteiger partial charge < -0.3 is 0 Å². The van der Waals surface area contributed by atoms with Gasteiger partial charge in [0.25, 0.3) is 0 Å². The number of nitrogens with two attached hydrogens (primary N) is 1. The van der Waals surface area contributed by atoms with E-state index in [0.29, 0.717) is 0 Å². The van der Waals surface area contributed by atoms with Crippen LogP contribution in [0.5, 0.6) is 0 Å². The predicted molar refractivity (Wildman–Crippen MR) is 49.9 cm³/mol. The molecule has 11 heavy (non-hydrogen) atoms. The SMILES string of the molecule is C[C@H](NN)c1cccc(Br)c1. The molecule has 0 aromatic heterocycles. The van der Waals surface area contributed by atoms with E-state index in [1.807, 2.05) is 31.2 Å². The summed E-state index contributed by atoms with van der Waals surface area (Å²) < 4.78 is 1.08. The fourth-order valence-electron chi connectivity index (χ4n) is 0.872. The lowest BCUT2D eigenvalue weighted by atomic mass is 10.1. The minimum absolute atomic E-state index is 0.201. The van der Waals surface area contributed by atoms with Crippen molar-refractivity contribution in [1.82, 2.24) is 5.43 Å². The number of rotatable bonds is 2. The topological polar surface area (TPSA) is 38.0 Å². The monoisotopic (exact) mass is 214 g/mol. The third-order valence-electron chi connectivity index (χ3n) is 1.60. The van der Waals surface area contributed by atoms with E-state index in [0.717, 1.165) is 4.47 Å². The lowest BCUT2D eigenvalue weighted by molar-refractivity contribution is 0.602. The number of benzene rings is 1. The second-order valence-electron chi connectivity index (χ2n) is 2.44. The van der Waals surface area contributed by atoms with E-state index in [2.05, 4.69) is 21.4 Å². The molecule has 1 aromatic carbocycles. The van der Waals surface area contributed by atoms with E-state index in [9.17, 15) is 0 Å². The Balaban J connectivity index is 2.86. The third-order valence-corrected chi connectivity index (χ3v) is 2.09. The van der Waals surface area contributed by atoms with Crippen LogP contribution in [0.2, 0.25) is 0 Å². The van der Waals surface area contributed by atoms with E-state index in [4.69, 9.17) is 5.84 Å². The van der Waals surface area contributed by atoms with Crippen LogP contribution >= 0.6 is 15.9 Å². The molecule has 0 saturated carbocycles. The molecule has 0 aliphatic heterocycles. The molecule has 1 rings (SSSR count). The third kappa shape index (κ3) is 2.29. The fourth-order valence-corrected chi connectivity index (χ4v) is 1.29. The predicted octanol–water partition coefficient (Wildman–Crippen LogP) is 1.97. The Morgan fingerprint density at radius 1 is 1.55 bits per heavy atom.